The molecule has 43 heavy (non-hydrogen) atoms. The van der Waals surface area contributed by atoms with Crippen LogP contribution in [0.15, 0.2) is 18.7 Å². The molecule has 0 bridgehead atoms. The highest BCUT2D eigenvalue weighted by Crippen LogP contribution is 2.56. The summed E-state index contributed by atoms with van der Waals surface area (Å²) in [6.07, 6.45) is 6.79. The van der Waals surface area contributed by atoms with E-state index in [2.05, 4.69) is 53.6 Å². The predicted octanol–water partition coefficient (Wildman–Crippen LogP) is 6.14. The first-order valence-electron chi connectivity index (χ1n) is 15.3. The second-order valence-corrected chi connectivity index (χ2v) is 15.6. The summed E-state index contributed by atoms with van der Waals surface area (Å²) in [6.45, 7) is 16.4. The lowest BCUT2D eigenvalue weighted by atomic mass is 9.60. The van der Waals surface area contributed by atoms with Crippen molar-refractivity contribution in [2.45, 2.75) is 58.0 Å². The molecular formula is C32H43Cl2N7OS. The first kappa shape index (κ1) is 30.8. The lowest BCUT2D eigenvalue weighted by molar-refractivity contribution is -0.149. The Hall–Kier alpha value is -2.20. The average Bonchev–Trinajstić information content (AvgIpc) is 3.24. The number of nitrogens with zero attached hydrogens (tertiary/aromatic N) is 5. The maximum atomic E-state index is 12.1. The van der Waals surface area contributed by atoms with Gasteiger partial charge in [0.05, 0.1) is 16.1 Å². The smallest absolute Gasteiger partial charge is 0.245 e. The van der Waals surface area contributed by atoms with Gasteiger partial charge in [-0.25, -0.2) is 0 Å². The Morgan fingerprint density at radius 3 is 2.51 bits per heavy atom. The van der Waals surface area contributed by atoms with Gasteiger partial charge in [-0.3, -0.25) is 9.48 Å². The standard InChI is InChI=1S/C32H43Cl2N7OS/c1-5-26(42)39-18-32(19-39)14-22(15-32)41-20(2)27(28-23(16-35)25(36)12-24(33)29(28)34)30(37-41)40-7-6-21(13-31(40,3)4)17-38-8-10-43-11-9-38/h5,12,16,21-22,35H,1,6-11,13-15,17-19,36H2,2-4H3. The Morgan fingerprint density at radius 2 is 1.88 bits per heavy atom. The predicted molar refractivity (Wildman–Crippen MR) is 180 cm³/mol. The largest absolute Gasteiger partial charge is 0.398 e. The molecule has 2 aromatic rings. The van der Waals surface area contributed by atoms with Gasteiger partial charge in [0.2, 0.25) is 5.91 Å². The van der Waals surface area contributed by atoms with Crippen molar-refractivity contribution in [1.82, 2.24) is 19.6 Å². The zero-order valence-electron chi connectivity index (χ0n) is 25.5. The number of amides is 1. The Labute approximate surface area is 269 Å². The lowest BCUT2D eigenvalue weighted by Crippen LogP contribution is -2.63. The summed E-state index contributed by atoms with van der Waals surface area (Å²) in [4.78, 5) is 19.0. The number of carbonyl (C=O) groups excluding carboxylic acids is 1. The molecule has 6 rings (SSSR count). The van der Waals surface area contributed by atoms with Gasteiger partial charge in [-0.05, 0) is 64.5 Å². The van der Waals surface area contributed by atoms with E-state index in [1.54, 1.807) is 6.07 Å². The third kappa shape index (κ3) is 5.49. The summed E-state index contributed by atoms with van der Waals surface area (Å²) >= 11 is 15.6. The number of carbonyl (C=O) groups is 1. The monoisotopic (exact) mass is 643 g/mol. The van der Waals surface area contributed by atoms with Crippen molar-refractivity contribution in [3.8, 4) is 11.1 Å². The molecule has 1 unspecified atom stereocenters. The molecule has 4 aliphatic rings. The van der Waals surface area contributed by atoms with Gasteiger partial charge in [0.1, 0.15) is 0 Å². The molecule has 0 radical (unpaired) electrons. The summed E-state index contributed by atoms with van der Waals surface area (Å²) < 4.78 is 2.17. The summed E-state index contributed by atoms with van der Waals surface area (Å²) in [6, 6.07) is 1.86. The summed E-state index contributed by atoms with van der Waals surface area (Å²) in [5.41, 5.74) is 10.0. The first-order chi connectivity index (χ1) is 20.5. The molecule has 1 saturated carbocycles. The highest BCUT2D eigenvalue weighted by atomic mass is 35.5. The number of hydrogen-bond acceptors (Lipinski definition) is 7. The SMILES string of the molecule is C=CC(=O)N1CC2(CC(n3nc(N4CCC(CN5CCSCC5)CC4(C)C)c(-c4c(Cl)c(Cl)cc(N)c4C=N)c3C)C2)C1. The van der Waals surface area contributed by atoms with E-state index in [4.69, 9.17) is 39.4 Å². The van der Waals surface area contributed by atoms with Gasteiger partial charge in [0.25, 0.3) is 0 Å². The number of piperidine rings is 1. The molecule has 3 aliphatic heterocycles. The van der Waals surface area contributed by atoms with Crippen LogP contribution in [0.5, 0.6) is 0 Å². The molecule has 1 aliphatic carbocycles. The summed E-state index contributed by atoms with van der Waals surface area (Å²) in [5, 5.41) is 14.4. The Balaban J connectivity index is 1.35. The van der Waals surface area contributed by atoms with Gasteiger partial charge in [0, 0.05) is 96.0 Å². The quantitative estimate of drug-likeness (QED) is 0.214. The Kier molecular flexibility index (Phi) is 8.33. The van der Waals surface area contributed by atoms with E-state index in [1.807, 2.05) is 4.90 Å². The number of nitrogens with two attached hydrogens (primary N) is 1. The molecule has 8 nitrogen and oxygen atoms in total. The van der Waals surface area contributed by atoms with Gasteiger partial charge in [-0.2, -0.15) is 16.9 Å². The second-order valence-electron chi connectivity index (χ2n) is 13.6. The van der Waals surface area contributed by atoms with Crippen LogP contribution in [0, 0.1) is 23.7 Å². The molecule has 1 amide bonds. The molecule has 4 fully saturated rings. The van der Waals surface area contributed by atoms with Crippen LogP contribution >= 0.6 is 35.0 Å². The first-order valence-corrected chi connectivity index (χ1v) is 17.2. The van der Waals surface area contributed by atoms with Crippen molar-refractivity contribution in [2.75, 3.05) is 61.4 Å². The fourth-order valence-electron chi connectivity index (χ4n) is 8.05. The number of likely N-dealkylation sites (tertiary alicyclic amines) is 1. The van der Waals surface area contributed by atoms with Gasteiger partial charge >= 0.3 is 0 Å². The van der Waals surface area contributed by atoms with E-state index in [-0.39, 0.29) is 22.9 Å². The molecule has 1 aromatic carbocycles. The Morgan fingerprint density at radius 1 is 1.19 bits per heavy atom. The molecule has 4 heterocycles. The van der Waals surface area contributed by atoms with Crippen molar-refractivity contribution in [2.24, 2.45) is 11.3 Å². The minimum atomic E-state index is -0.129. The fourth-order valence-corrected chi connectivity index (χ4v) is 9.49. The molecule has 1 aromatic heterocycles. The molecule has 1 atom stereocenters. The molecule has 3 N–H and O–H groups in total. The zero-order valence-corrected chi connectivity index (χ0v) is 27.8. The highest BCUT2D eigenvalue weighted by molar-refractivity contribution is 7.99. The minimum Gasteiger partial charge on any atom is -0.398 e. The molecule has 232 valence electrons. The van der Waals surface area contributed by atoms with Crippen LogP contribution in [0.2, 0.25) is 10.0 Å². The van der Waals surface area contributed by atoms with E-state index in [0.29, 0.717) is 32.8 Å². The molecule has 3 saturated heterocycles. The van der Waals surface area contributed by atoms with Crippen molar-refractivity contribution < 1.29 is 4.79 Å². The van der Waals surface area contributed by atoms with Crippen molar-refractivity contribution in [1.29, 1.82) is 5.41 Å². The van der Waals surface area contributed by atoms with Crippen LogP contribution in [-0.2, 0) is 4.79 Å². The van der Waals surface area contributed by atoms with E-state index < -0.39 is 0 Å². The third-order valence-electron chi connectivity index (χ3n) is 10.2. The fraction of sp³-hybridized carbons (Fsp3) is 0.594. The zero-order chi connectivity index (χ0) is 30.7. The average molecular weight is 645 g/mol. The maximum absolute atomic E-state index is 12.1. The summed E-state index contributed by atoms with van der Waals surface area (Å²) in [5.74, 6) is 3.99. The number of thioether (sulfide) groups is 1. The lowest BCUT2D eigenvalue weighted by Gasteiger charge is -2.58. The number of hydrogen-bond donors (Lipinski definition) is 2. The highest BCUT2D eigenvalue weighted by Gasteiger charge is 2.54. The number of aromatic nitrogens is 2. The van der Waals surface area contributed by atoms with Crippen molar-refractivity contribution in [3.05, 3.63) is 40.0 Å². The van der Waals surface area contributed by atoms with Crippen LogP contribution in [0.4, 0.5) is 11.5 Å². The molecular weight excluding hydrogens is 601 g/mol. The number of anilines is 2. The van der Waals surface area contributed by atoms with Crippen LogP contribution in [0.3, 0.4) is 0 Å². The van der Waals surface area contributed by atoms with Crippen molar-refractivity contribution >= 4 is 58.6 Å². The summed E-state index contributed by atoms with van der Waals surface area (Å²) in [7, 11) is 0. The molecule has 1 spiro atoms. The van der Waals surface area contributed by atoms with Gasteiger partial charge in [-0.1, -0.05) is 29.8 Å². The van der Waals surface area contributed by atoms with Gasteiger partial charge < -0.3 is 25.8 Å². The van der Waals surface area contributed by atoms with Crippen LogP contribution in [-0.4, -0.2) is 88.0 Å². The van der Waals surface area contributed by atoms with Gasteiger partial charge in [-0.15, -0.1) is 0 Å². The van der Waals surface area contributed by atoms with Crippen LogP contribution < -0.4 is 10.6 Å². The van der Waals surface area contributed by atoms with E-state index >= 15 is 0 Å². The molecule has 11 heteroatoms. The second kappa shape index (κ2) is 11.6. The van der Waals surface area contributed by atoms with Crippen molar-refractivity contribution in [3.63, 3.8) is 0 Å². The topological polar surface area (TPSA) is 94.5 Å². The normalized spacial score (nSPS) is 23.6. The number of rotatable bonds is 7. The van der Waals surface area contributed by atoms with E-state index in [1.165, 1.54) is 36.9 Å². The van der Waals surface area contributed by atoms with Crippen LogP contribution in [0.1, 0.15) is 56.8 Å². The van der Waals surface area contributed by atoms with Crippen LogP contribution in [0.25, 0.3) is 11.1 Å². The number of benzene rings is 1. The Bertz CT molecular complexity index is 1440. The van der Waals surface area contributed by atoms with E-state index in [9.17, 15) is 4.79 Å². The maximum Gasteiger partial charge on any atom is 0.245 e. The number of halogens is 2. The third-order valence-corrected chi connectivity index (χ3v) is 11.9. The number of nitrogens with one attached hydrogen (secondary N) is 1. The van der Waals surface area contributed by atoms with Gasteiger partial charge in [0.15, 0.2) is 5.82 Å². The van der Waals surface area contributed by atoms with E-state index in [0.717, 1.165) is 68.9 Å². The number of nitrogen functional groups attached to an aromatic ring is 1. The minimum absolute atomic E-state index is 0.00564.